The van der Waals surface area contributed by atoms with Crippen molar-refractivity contribution in [1.29, 1.82) is 0 Å². The third kappa shape index (κ3) is 3.90. The van der Waals surface area contributed by atoms with Crippen molar-refractivity contribution in [3.63, 3.8) is 0 Å². The molecule has 1 aromatic rings. The lowest BCUT2D eigenvalue weighted by molar-refractivity contribution is 0.289. The Bertz CT molecular complexity index is 322. The van der Waals surface area contributed by atoms with E-state index >= 15 is 0 Å². The molecular formula is C8H15N5OS. The van der Waals surface area contributed by atoms with Crippen LogP contribution < -0.4 is 17.0 Å². The Kier molecular flexibility index (Phi) is 4.60. The van der Waals surface area contributed by atoms with Crippen LogP contribution in [0.25, 0.3) is 0 Å². The first-order valence-electron chi connectivity index (χ1n) is 4.54. The van der Waals surface area contributed by atoms with E-state index in [0.717, 1.165) is 5.03 Å². The zero-order valence-electron chi connectivity index (χ0n) is 8.47. The second-order valence-corrected chi connectivity index (χ2v) is 4.49. The molecule has 0 amide bonds. The molecule has 84 valence electrons. The van der Waals surface area contributed by atoms with E-state index in [1.165, 1.54) is 11.8 Å². The number of hydrogen-bond acceptors (Lipinski definition) is 7. The molecule has 6 nitrogen and oxygen atoms in total. The summed E-state index contributed by atoms with van der Waals surface area (Å²) in [6.07, 6.45) is 0.708. The van der Waals surface area contributed by atoms with Crippen molar-refractivity contribution in [1.82, 2.24) is 9.97 Å². The summed E-state index contributed by atoms with van der Waals surface area (Å²) in [5, 5.41) is 9.79. The number of hydrogen-bond donors (Lipinski definition) is 4. The minimum atomic E-state index is 0.163. The van der Waals surface area contributed by atoms with E-state index in [2.05, 4.69) is 15.4 Å². The van der Waals surface area contributed by atoms with Gasteiger partial charge in [-0.1, -0.05) is 6.92 Å². The number of nitrogens with one attached hydrogen (secondary N) is 1. The van der Waals surface area contributed by atoms with Gasteiger partial charge < -0.3 is 16.3 Å². The molecule has 0 saturated heterocycles. The van der Waals surface area contributed by atoms with Gasteiger partial charge in [0.05, 0.1) is 0 Å². The van der Waals surface area contributed by atoms with Crippen LogP contribution in [0.2, 0.25) is 0 Å². The van der Waals surface area contributed by atoms with Crippen molar-refractivity contribution in [3.05, 3.63) is 6.07 Å². The first-order valence-corrected chi connectivity index (χ1v) is 5.42. The molecule has 7 heteroatoms. The molecule has 0 radical (unpaired) electrons. The van der Waals surface area contributed by atoms with Crippen LogP contribution in [-0.4, -0.2) is 26.9 Å². The number of rotatable bonds is 5. The monoisotopic (exact) mass is 229 g/mol. The van der Waals surface area contributed by atoms with Gasteiger partial charge in [-0.05, 0) is 6.42 Å². The highest BCUT2D eigenvalue weighted by molar-refractivity contribution is 7.99. The highest BCUT2D eigenvalue weighted by Crippen LogP contribution is 2.25. The SMILES string of the molecule is CC(CCO)Sc1cc(NN)nc(N)n1. The van der Waals surface area contributed by atoms with E-state index in [1.54, 1.807) is 6.07 Å². The normalized spacial score (nSPS) is 12.5. The summed E-state index contributed by atoms with van der Waals surface area (Å²) in [5.74, 6) is 5.90. The van der Waals surface area contributed by atoms with Crippen molar-refractivity contribution in [2.24, 2.45) is 5.84 Å². The van der Waals surface area contributed by atoms with Crippen LogP contribution in [0.15, 0.2) is 11.1 Å². The Hall–Kier alpha value is -1.05. The van der Waals surface area contributed by atoms with Crippen molar-refractivity contribution >= 4 is 23.5 Å². The number of aliphatic hydroxyl groups is 1. The first kappa shape index (κ1) is 12.0. The average molecular weight is 229 g/mol. The maximum absolute atomic E-state index is 8.77. The lowest BCUT2D eigenvalue weighted by atomic mass is 10.3. The van der Waals surface area contributed by atoms with Gasteiger partial charge in [-0.3, -0.25) is 0 Å². The number of anilines is 2. The average Bonchev–Trinajstić information content (AvgIpc) is 2.17. The molecule has 15 heavy (non-hydrogen) atoms. The van der Waals surface area contributed by atoms with Gasteiger partial charge in [-0.25, -0.2) is 10.8 Å². The largest absolute Gasteiger partial charge is 0.396 e. The minimum Gasteiger partial charge on any atom is -0.396 e. The smallest absolute Gasteiger partial charge is 0.223 e. The number of hydrazine groups is 1. The van der Waals surface area contributed by atoms with Crippen molar-refractivity contribution in [2.75, 3.05) is 17.8 Å². The van der Waals surface area contributed by atoms with Gasteiger partial charge >= 0.3 is 0 Å². The predicted octanol–water partition coefficient (Wildman–Crippen LogP) is 0.207. The third-order valence-electron chi connectivity index (χ3n) is 1.73. The Labute approximate surface area is 92.4 Å². The predicted molar refractivity (Wildman–Crippen MR) is 61.3 cm³/mol. The number of thioether (sulfide) groups is 1. The van der Waals surface area contributed by atoms with Crippen molar-refractivity contribution in [3.8, 4) is 0 Å². The van der Waals surface area contributed by atoms with Crippen LogP contribution in [-0.2, 0) is 0 Å². The molecule has 0 saturated carbocycles. The molecule has 0 aromatic carbocycles. The molecule has 0 aliphatic carbocycles. The Morgan fingerprint density at radius 3 is 2.93 bits per heavy atom. The van der Waals surface area contributed by atoms with Gasteiger partial charge in [0.25, 0.3) is 0 Å². The van der Waals surface area contributed by atoms with Gasteiger partial charge in [0.15, 0.2) is 0 Å². The van der Waals surface area contributed by atoms with Gasteiger partial charge in [0, 0.05) is 17.9 Å². The zero-order chi connectivity index (χ0) is 11.3. The summed E-state index contributed by atoms with van der Waals surface area (Å²) < 4.78 is 0. The summed E-state index contributed by atoms with van der Waals surface area (Å²) in [4.78, 5) is 7.93. The molecule has 6 N–H and O–H groups in total. The molecule has 1 unspecified atom stereocenters. The fraction of sp³-hybridized carbons (Fsp3) is 0.500. The fourth-order valence-electron chi connectivity index (χ4n) is 1.02. The maximum Gasteiger partial charge on any atom is 0.223 e. The topological polar surface area (TPSA) is 110 Å². The van der Waals surface area contributed by atoms with Gasteiger partial charge in [-0.15, -0.1) is 11.8 Å². The molecule has 1 rings (SSSR count). The lowest BCUT2D eigenvalue weighted by Crippen LogP contribution is -2.11. The fourth-order valence-corrected chi connectivity index (χ4v) is 1.99. The van der Waals surface area contributed by atoms with Gasteiger partial charge in [-0.2, -0.15) is 4.98 Å². The Morgan fingerprint density at radius 2 is 2.33 bits per heavy atom. The first-order chi connectivity index (χ1) is 7.15. The second-order valence-electron chi connectivity index (χ2n) is 3.03. The van der Waals surface area contributed by atoms with Crippen LogP contribution in [0.5, 0.6) is 0 Å². The van der Waals surface area contributed by atoms with E-state index < -0.39 is 0 Å². The Balaban J connectivity index is 2.71. The summed E-state index contributed by atoms with van der Waals surface area (Å²) in [6.45, 7) is 2.17. The number of nitrogens with two attached hydrogens (primary N) is 2. The summed E-state index contributed by atoms with van der Waals surface area (Å²) in [5.41, 5.74) is 7.92. The molecule has 0 fully saturated rings. The molecule has 1 aromatic heterocycles. The van der Waals surface area contributed by atoms with E-state index in [0.29, 0.717) is 12.2 Å². The van der Waals surface area contributed by atoms with Crippen LogP contribution in [0, 0.1) is 0 Å². The maximum atomic E-state index is 8.77. The second kappa shape index (κ2) is 5.74. The van der Waals surface area contributed by atoms with E-state index in [-0.39, 0.29) is 17.8 Å². The molecular weight excluding hydrogens is 214 g/mol. The van der Waals surface area contributed by atoms with Crippen LogP contribution in [0.1, 0.15) is 13.3 Å². The standard InChI is InChI=1S/C8H15N5OS/c1-5(2-3-14)15-7-4-6(13-10)11-8(9)12-7/h4-5,14H,2-3,10H2,1H3,(H3,9,11,12,13). The van der Waals surface area contributed by atoms with Crippen molar-refractivity contribution < 1.29 is 5.11 Å². The molecule has 0 aliphatic rings. The number of nitrogen functional groups attached to an aromatic ring is 2. The van der Waals surface area contributed by atoms with Gasteiger partial charge in [0.1, 0.15) is 10.8 Å². The van der Waals surface area contributed by atoms with Crippen LogP contribution in [0.3, 0.4) is 0 Å². The molecule has 1 atom stereocenters. The molecule has 0 aliphatic heterocycles. The lowest BCUT2D eigenvalue weighted by Gasteiger charge is -2.09. The molecule has 0 bridgehead atoms. The summed E-state index contributed by atoms with van der Waals surface area (Å²) in [6, 6.07) is 1.72. The Morgan fingerprint density at radius 1 is 1.60 bits per heavy atom. The zero-order valence-corrected chi connectivity index (χ0v) is 9.29. The molecule has 1 heterocycles. The highest BCUT2D eigenvalue weighted by Gasteiger charge is 2.07. The number of aromatic nitrogens is 2. The van der Waals surface area contributed by atoms with Crippen LogP contribution in [0.4, 0.5) is 11.8 Å². The quantitative estimate of drug-likeness (QED) is 0.247. The summed E-state index contributed by atoms with van der Waals surface area (Å²) in [7, 11) is 0. The van der Waals surface area contributed by atoms with E-state index in [4.69, 9.17) is 16.7 Å². The van der Waals surface area contributed by atoms with E-state index in [1.807, 2.05) is 6.92 Å². The highest BCUT2D eigenvalue weighted by atomic mass is 32.2. The van der Waals surface area contributed by atoms with Crippen molar-refractivity contribution in [2.45, 2.75) is 23.6 Å². The number of nitrogens with zero attached hydrogens (tertiary/aromatic N) is 2. The van der Waals surface area contributed by atoms with Gasteiger partial charge in [0.2, 0.25) is 5.95 Å². The minimum absolute atomic E-state index is 0.163. The third-order valence-corrected chi connectivity index (χ3v) is 2.81. The number of aliphatic hydroxyl groups excluding tert-OH is 1. The summed E-state index contributed by atoms with van der Waals surface area (Å²) >= 11 is 1.53. The molecule has 0 spiro atoms. The van der Waals surface area contributed by atoms with Crippen LogP contribution >= 0.6 is 11.8 Å². The van der Waals surface area contributed by atoms with E-state index in [9.17, 15) is 0 Å².